The van der Waals surface area contributed by atoms with Crippen LogP contribution in [0.4, 0.5) is 5.69 Å². The molecule has 1 N–H and O–H groups in total. The molecule has 0 unspecified atom stereocenters. The lowest BCUT2D eigenvalue weighted by atomic mass is 10.1. The molecule has 6 nitrogen and oxygen atoms in total. The number of hydrogen-bond acceptors (Lipinski definition) is 4. The Labute approximate surface area is 184 Å². The van der Waals surface area contributed by atoms with Crippen molar-refractivity contribution in [3.8, 4) is 0 Å². The lowest BCUT2D eigenvalue weighted by Gasteiger charge is -2.21. The fourth-order valence-corrected chi connectivity index (χ4v) is 3.61. The monoisotopic (exact) mass is 472 g/mol. The molecule has 2 amide bonds. The fraction of sp³-hybridized carbons (Fsp3) is 0.304. The average Bonchev–Trinajstić information content (AvgIpc) is 3.04. The molecule has 30 heavy (non-hydrogen) atoms. The van der Waals surface area contributed by atoms with E-state index in [-0.39, 0.29) is 30.7 Å². The molecule has 0 bridgehead atoms. The van der Waals surface area contributed by atoms with E-state index in [0.717, 1.165) is 32.2 Å². The summed E-state index contributed by atoms with van der Waals surface area (Å²) in [6.07, 6.45) is 0. The van der Waals surface area contributed by atoms with Crippen molar-refractivity contribution >= 4 is 44.4 Å². The number of aryl methyl sites for hydroxylation is 2. The van der Waals surface area contributed by atoms with Gasteiger partial charge in [0, 0.05) is 34.8 Å². The van der Waals surface area contributed by atoms with Gasteiger partial charge in [0.25, 0.3) is 5.91 Å². The first-order valence-electron chi connectivity index (χ1n) is 9.64. The maximum Gasteiger partial charge on any atom is 0.290 e. The third-order valence-electron chi connectivity index (χ3n) is 5.16. The number of carbonyl (C=O) groups is 2. The zero-order valence-electron chi connectivity index (χ0n) is 17.5. The topological polar surface area (TPSA) is 71.8 Å². The van der Waals surface area contributed by atoms with Crippen molar-refractivity contribution in [2.24, 2.45) is 0 Å². The molecular formula is C23H25BrN2O4. The Morgan fingerprint density at radius 2 is 1.90 bits per heavy atom. The summed E-state index contributed by atoms with van der Waals surface area (Å²) in [5, 5.41) is 3.76. The van der Waals surface area contributed by atoms with E-state index >= 15 is 0 Å². The number of ether oxygens (including phenoxy) is 1. The molecule has 1 heterocycles. The molecule has 0 aliphatic heterocycles. The highest BCUT2D eigenvalue weighted by molar-refractivity contribution is 9.10. The van der Waals surface area contributed by atoms with Crippen LogP contribution in [0.3, 0.4) is 0 Å². The molecule has 0 atom stereocenters. The first-order chi connectivity index (χ1) is 14.3. The summed E-state index contributed by atoms with van der Waals surface area (Å²) in [5.74, 6) is -0.378. The number of methoxy groups -OCH3 is 1. The molecule has 3 rings (SSSR count). The maximum atomic E-state index is 13.2. The van der Waals surface area contributed by atoms with Gasteiger partial charge < -0.3 is 19.4 Å². The third kappa shape index (κ3) is 4.74. The number of carbonyl (C=O) groups excluding carboxylic acids is 2. The number of benzene rings is 2. The number of fused-ring (bicyclic) bond motifs is 1. The number of nitrogens with zero attached hydrogens (tertiary/aromatic N) is 1. The van der Waals surface area contributed by atoms with Gasteiger partial charge in [0.2, 0.25) is 5.91 Å². The number of hydrogen-bond donors (Lipinski definition) is 1. The van der Waals surface area contributed by atoms with Crippen LogP contribution in [-0.2, 0) is 9.53 Å². The van der Waals surface area contributed by atoms with E-state index in [9.17, 15) is 9.59 Å². The van der Waals surface area contributed by atoms with E-state index in [2.05, 4.69) is 21.2 Å². The number of anilines is 1. The van der Waals surface area contributed by atoms with Crippen molar-refractivity contribution in [1.82, 2.24) is 4.90 Å². The molecule has 2 aromatic carbocycles. The van der Waals surface area contributed by atoms with Gasteiger partial charge in [-0.05, 0) is 56.2 Å². The van der Waals surface area contributed by atoms with Gasteiger partial charge in [-0.3, -0.25) is 9.59 Å². The van der Waals surface area contributed by atoms with Gasteiger partial charge in [0.1, 0.15) is 12.1 Å². The van der Waals surface area contributed by atoms with Crippen LogP contribution in [0, 0.1) is 20.8 Å². The normalized spacial score (nSPS) is 11.0. The van der Waals surface area contributed by atoms with Crippen LogP contribution in [0.5, 0.6) is 0 Å². The minimum atomic E-state index is -0.340. The van der Waals surface area contributed by atoms with E-state index in [1.807, 2.05) is 57.2 Å². The molecular weight excluding hydrogens is 448 g/mol. The Bertz CT molecular complexity index is 1090. The molecule has 0 radical (unpaired) electrons. The van der Waals surface area contributed by atoms with Gasteiger partial charge >= 0.3 is 0 Å². The first kappa shape index (κ1) is 22.1. The van der Waals surface area contributed by atoms with Gasteiger partial charge in [-0.2, -0.15) is 0 Å². The van der Waals surface area contributed by atoms with E-state index in [4.69, 9.17) is 9.15 Å². The van der Waals surface area contributed by atoms with E-state index in [1.54, 1.807) is 7.11 Å². The Morgan fingerprint density at radius 1 is 1.13 bits per heavy atom. The summed E-state index contributed by atoms with van der Waals surface area (Å²) in [4.78, 5) is 27.4. The molecule has 3 aromatic rings. The van der Waals surface area contributed by atoms with Crippen LogP contribution >= 0.6 is 15.9 Å². The summed E-state index contributed by atoms with van der Waals surface area (Å²) in [6, 6.07) is 11.3. The second kappa shape index (κ2) is 9.45. The van der Waals surface area contributed by atoms with Crippen LogP contribution in [0.15, 0.2) is 45.3 Å². The van der Waals surface area contributed by atoms with Gasteiger partial charge in [-0.1, -0.05) is 28.1 Å². The van der Waals surface area contributed by atoms with Crippen LogP contribution < -0.4 is 5.32 Å². The minimum absolute atomic E-state index is 0.101. The number of furan rings is 1. The Hall–Kier alpha value is -2.64. The van der Waals surface area contributed by atoms with Crippen molar-refractivity contribution in [3.05, 3.63) is 63.3 Å². The van der Waals surface area contributed by atoms with E-state index in [0.29, 0.717) is 12.2 Å². The van der Waals surface area contributed by atoms with E-state index in [1.165, 1.54) is 4.90 Å². The highest BCUT2D eigenvalue weighted by atomic mass is 79.9. The highest BCUT2D eigenvalue weighted by Gasteiger charge is 2.25. The summed E-state index contributed by atoms with van der Waals surface area (Å²) in [5.41, 5.74) is 4.20. The van der Waals surface area contributed by atoms with Gasteiger partial charge in [-0.25, -0.2) is 0 Å². The third-order valence-corrected chi connectivity index (χ3v) is 5.65. The molecule has 158 valence electrons. The molecule has 0 spiro atoms. The van der Waals surface area contributed by atoms with Crippen molar-refractivity contribution < 1.29 is 18.7 Å². The quantitative estimate of drug-likeness (QED) is 0.533. The summed E-state index contributed by atoms with van der Waals surface area (Å²) >= 11 is 3.44. The van der Waals surface area contributed by atoms with Gasteiger partial charge in [-0.15, -0.1) is 0 Å². The fourth-order valence-electron chi connectivity index (χ4n) is 3.24. The zero-order valence-corrected chi connectivity index (χ0v) is 19.1. The molecule has 0 saturated heterocycles. The molecule has 0 aliphatic carbocycles. The Morgan fingerprint density at radius 3 is 2.63 bits per heavy atom. The van der Waals surface area contributed by atoms with Crippen molar-refractivity contribution in [2.75, 3.05) is 32.1 Å². The standard InChI is InChI=1S/C23H25BrN2O4/c1-14-6-5-7-19(15(14)2)25-21(27)13-26(10-11-29-4)23(28)22-16(3)18-12-17(24)8-9-20(18)30-22/h5-9,12H,10-11,13H2,1-4H3,(H,25,27). The van der Waals surface area contributed by atoms with Crippen LogP contribution in [0.2, 0.25) is 0 Å². The molecule has 0 saturated carbocycles. The zero-order chi connectivity index (χ0) is 21.8. The molecule has 1 aromatic heterocycles. The predicted molar refractivity (Wildman–Crippen MR) is 121 cm³/mol. The Kier molecular flexibility index (Phi) is 6.95. The number of amides is 2. The van der Waals surface area contributed by atoms with Gasteiger partial charge in [0.05, 0.1) is 6.61 Å². The number of rotatable bonds is 7. The summed E-state index contributed by atoms with van der Waals surface area (Å²) in [6.45, 7) is 6.27. The SMILES string of the molecule is COCCN(CC(=O)Nc1cccc(C)c1C)C(=O)c1oc2ccc(Br)cc2c1C. The van der Waals surface area contributed by atoms with Crippen LogP contribution in [0.25, 0.3) is 11.0 Å². The predicted octanol–water partition coefficient (Wildman–Crippen LogP) is 4.85. The molecule has 0 aliphatic rings. The lowest BCUT2D eigenvalue weighted by molar-refractivity contribution is -0.117. The first-order valence-corrected chi connectivity index (χ1v) is 10.4. The summed E-state index contributed by atoms with van der Waals surface area (Å²) < 4.78 is 11.9. The highest BCUT2D eigenvalue weighted by Crippen LogP contribution is 2.29. The lowest BCUT2D eigenvalue weighted by Crippen LogP contribution is -2.40. The van der Waals surface area contributed by atoms with Crippen molar-refractivity contribution in [3.63, 3.8) is 0 Å². The van der Waals surface area contributed by atoms with Crippen molar-refractivity contribution in [2.45, 2.75) is 20.8 Å². The van der Waals surface area contributed by atoms with Gasteiger partial charge in [0.15, 0.2) is 5.76 Å². The Balaban J connectivity index is 1.83. The number of nitrogens with one attached hydrogen (secondary N) is 1. The minimum Gasteiger partial charge on any atom is -0.451 e. The summed E-state index contributed by atoms with van der Waals surface area (Å²) in [7, 11) is 1.56. The largest absolute Gasteiger partial charge is 0.451 e. The van der Waals surface area contributed by atoms with Crippen LogP contribution in [-0.4, -0.2) is 43.5 Å². The van der Waals surface area contributed by atoms with Crippen molar-refractivity contribution in [1.29, 1.82) is 0 Å². The number of halogens is 1. The van der Waals surface area contributed by atoms with Crippen LogP contribution in [0.1, 0.15) is 27.2 Å². The second-order valence-electron chi connectivity index (χ2n) is 7.21. The second-order valence-corrected chi connectivity index (χ2v) is 8.13. The smallest absolute Gasteiger partial charge is 0.290 e. The average molecular weight is 473 g/mol. The van der Waals surface area contributed by atoms with E-state index < -0.39 is 0 Å². The maximum absolute atomic E-state index is 13.2. The molecule has 0 fully saturated rings. The molecule has 7 heteroatoms.